The van der Waals surface area contributed by atoms with Gasteiger partial charge in [-0.15, -0.1) is 0 Å². The molecule has 0 aromatic carbocycles. The molecule has 1 saturated heterocycles. The molecular weight excluding hydrogens is 302 g/mol. The lowest BCUT2D eigenvalue weighted by atomic mass is 9.99. The number of aryl methyl sites for hydroxylation is 1. The summed E-state index contributed by atoms with van der Waals surface area (Å²) in [6, 6.07) is 2.13. The molecule has 130 valence electrons. The van der Waals surface area contributed by atoms with Gasteiger partial charge in [-0.05, 0) is 58.2 Å². The lowest BCUT2D eigenvalue weighted by molar-refractivity contribution is 0.0946. The SMILES string of the molecule is CCC(C)n1ncc2c(C(=O)NCC3CCCNC3)cc(C)nc21. The van der Waals surface area contributed by atoms with E-state index < -0.39 is 0 Å². The molecule has 6 nitrogen and oxygen atoms in total. The Morgan fingerprint density at radius 1 is 1.54 bits per heavy atom. The van der Waals surface area contributed by atoms with Gasteiger partial charge in [0.2, 0.25) is 0 Å². The second kappa shape index (κ2) is 7.30. The van der Waals surface area contributed by atoms with Crippen LogP contribution in [-0.2, 0) is 0 Å². The van der Waals surface area contributed by atoms with E-state index in [0.29, 0.717) is 18.0 Å². The van der Waals surface area contributed by atoms with Crippen LogP contribution < -0.4 is 10.6 Å². The van der Waals surface area contributed by atoms with Gasteiger partial charge in [0.05, 0.1) is 23.2 Å². The number of pyridine rings is 1. The van der Waals surface area contributed by atoms with Gasteiger partial charge in [-0.25, -0.2) is 9.67 Å². The van der Waals surface area contributed by atoms with E-state index in [0.717, 1.165) is 36.2 Å². The molecule has 0 aliphatic carbocycles. The zero-order valence-electron chi connectivity index (χ0n) is 14.8. The van der Waals surface area contributed by atoms with Crippen LogP contribution in [-0.4, -0.2) is 40.3 Å². The normalized spacial score (nSPS) is 19.4. The quantitative estimate of drug-likeness (QED) is 0.884. The number of piperidine rings is 1. The predicted molar refractivity (Wildman–Crippen MR) is 95.2 cm³/mol. The van der Waals surface area contributed by atoms with Crippen molar-refractivity contribution >= 4 is 16.9 Å². The van der Waals surface area contributed by atoms with Crippen molar-refractivity contribution in [2.24, 2.45) is 5.92 Å². The number of nitrogens with zero attached hydrogens (tertiary/aromatic N) is 3. The summed E-state index contributed by atoms with van der Waals surface area (Å²) >= 11 is 0. The molecule has 0 spiro atoms. The number of hydrogen-bond acceptors (Lipinski definition) is 4. The van der Waals surface area contributed by atoms with E-state index in [1.165, 1.54) is 12.8 Å². The fraction of sp³-hybridized carbons (Fsp3) is 0.611. The van der Waals surface area contributed by atoms with E-state index in [-0.39, 0.29) is 11.9 Å². The minimum absolute atomic E-state index is 0.0280. The standard InChI is InChI=1S/C18H27N5O/c1-4-13(3)23-17-16(11-21-23)15(8-12(2)22-17)18(24)20-10-14-6-5-7-19-9-14/h8,11,13-14,19H,4-7,9-10H2,1-3H3,(H,20,24). The molecule has 0 saturated carbocycles. The largest absolute Gasteiger partial charge is 0.352 e. The van der Waals surface area contributed by atoms with Crippen LogP contribution in [0.2, 0.25) is 0 Å². The number of nitrogens with one attached hydrogen (secondary N) is 2. The number of amides is 1. The summed E-state index contributed by atoms with van der Waals surface area (Å²) in [5.74, 6) is 0.490. The Labute approximate surface area is 143 Å². The summed E-state index contributed by atoms with van der Waals surface area (Å²) in [4.78, 5) is 17.3. The average Bonchev–Trinajstić information content (AvgIpc) is 3.02. The van der Waals surface area contributed by atoms with E-state index in [1.54, 1.807) is 6.20 Å². The Hall–Kier alpha value is -1.95. The molecule has 2 N–H and O–H groups in total. The lowest BCUT2D eigenvalue weighted by Crippen LogP contribution is -2.38. The molecule has 2 atom stereocenters. The van der Waals surface area contributed by atoms with Gasteiger partial charge < -0.3 is 10.6 Å². The maximum absolute atomic E-state index is 12.7. The third-order valence-electron chi connectivity index (χ3n) is 4.90. The van der Waals surface area contributed by atoms with Gasteiger partial charge in [-0.3, -0.25) is 4.79 Å². The van der Waals surface area contributed by atoms with E-state index in [1.807, 2.05) is 17.7 Å². The van der Waals surface area contributed by atoms with Crippen LogP contribution in [0.5, 0.6) is 0 Å². The number of fused-ring (bicyclic) bond motifs is 1. The highest BCUT2D eigenvalue weighted by molar-refractivity contribution is 6.05. The Kier molecular flexibility index (Phi) is 5.14. The number of rotatable bonds is 5. The Morgan fingerprint density at radius 2 is 2.38 bits per heavy atom. The first kappa shape index (κ1) is 16.9. The molecule has 1 amide bonds. The molecule has 1 aliphatic rings. The van der Waals surface area contributed by atoms with Crippen LogP contribution in [0.15, 0.2) is 12.3 Å². The molecule has 1 fully saturated rings. The van der Waals surface area contributed by atoms with Gasteiger partial charge in [0.25, 0.3) is 5.91 Å². The summed E-state index contributed by atoms with van der Waals surface area (Å²) in [6.45, 7) is 8.95. The summed E-state index contributed by atoms with van der Waals surface area (Å²) in [6.07, 6.45) is 5.10. The number of aromatic nitrogens is 3. The molecular formula is C18H27N5O. The maximum atomic E-state index is 12.7. The molecule has 3 rings (SSSR count). The summed E-state index contributed by atoms with van der Waals surface area (Å²) in [5, 5.41) is 11.8. The fourth-order valence-electron chi connectivity index (χ4n) is 3.26. The first-order valence-corrected chi connectivity index (χ1v) is 8.94. The van der Waals surface area contributed by atoms with Gasteiger partial charge >= 0.3 is 0 Å². The monoisotopic (exact) mass is 329 g/mol. The second-order valence-electron chi connectivity index (χ2n) is 6.82. The van der Waals surface area contributed by atoms with Crippen molar-refractivity contribution in [2.45, 2.75) is 46.1 Å². The van der Waals surface area contributed by atoms with Crippen LogP contribution in [0, 0.1) is 12.8 Å². The molecule has 0 radical (unpaired) electrons. The van der Waals surface area contributed by atoms with Crippen molar-refractivity contribution in [2.75, 3.05) is 19.6 Å². The van der Waals surface area contributed by atoms with Crippen LogP contribution in [0.25, 0.3) is 11.0 Å². The highest BCUT2D eigenvalue weighted by Gasteiger charge is 2.19. The van der Waals surface area contributed by atoms with Gasteiger partial charge in [0.1, 0.15) is 0 Å². The number of carbonyl (C=O) groups is 1. The Morgan fingerprint density at radius 3 is 3.08 bits per heavy atom. The highest BCUT2D eigenvalue weighted by Crippen LogP contribution is 2.22. The van der Waals surface area contributed by atoms with Gasteiger partial charge in [0.15, 0.2) is 5.65 Å². The fourth-order valence-corrected chi connectivity index (χ4v) is 3.26. The van der Waals surface area contributed by atoms with E-state index in [2.05, 4.69) is 34.6 Å². The average molecular weight is 329 g/mol. The third kappa shape index (κ3) is 3.43. The topological polar surface area (TPSA) is 71.8 Å². The smallest absolute Gasteiger partial charge is 0.252 e. The van der Waals surface area contributed by atoms with Gasteiger partial charge in [-0.1, -0.05) is 6.92 Å². The lowest BCUT2D eigenvalue weighted by Gasteiger charge is -2.23. The molecule has 3 heterocycles. The van der Waals surface area contributed by atoms with Crippen molar-refractivity contribution in [3.63, 3.8) is 0 Å². The maximum Gasteiger partial charge on any atom is 0.252 e. The predicted octanol–water partition coefficient (Wildman–Crippen LogP) is 2.44. The zero-order valence-corrected chi connectivity index (χ0v) is 14.8. The molecule has 2 aromatic heterocycles. The van der Waals surface area contributed by atoms with Crippen molar-refractivity contribution in [3.8, 4) is 0 Å². The molecule has 1 aliphatic heterocycles. The van der Waals surface area contributed by atoms with E-state index >= 15 is 0 Å². The van der Waals surface area contributed by atoms with E-state index in [9.17, 15) is 4.79 Å². The first-order valence-electron chi connectivity index (χ1n) is 8.94. The van der Waals surface area contributed by atoms with Crippen molar-refractivity contribution < 1.29 is 4.79 Å². The summed E-state index contributed by atoms with van der Waals surface area (Å²) in [5.41, 5.74) is 2.32. The number of hydrogen-bond donors (Lipinski definition) is 2. The first-order chi connectivity index (χ1) is 11.6. The molecule has 0 bridgehead atoms. The molecule has 2 unspecified atom stereocenters. The second-order valence-corrected chi connectivity index (χ2v) is 6.82. The number of carbonyl (C=O) groups excluding carboxylic acids is 1. The van der Waals surface area contributed by atoms with Crippen molar-refractivity contribution in [3.05, 3.63) is 23.5 Å². The van der Waals surface area contributed by atoms with Gasteiger partial charge in [-0.2, -0.15) is 5.10 Å². The molecule has 6 heteroatoms. The van der Waals surface area contributed by atoms with Gasteiger partial charge in [0, 0.05) is 12.2 Å². The van der Waals surface area contributed by atoms with E-state index in [4.69, 9.17) is 0 Å². The van der Waals surface area contributed by atoms with Crippen LogP contribution in [0.1, 0.15) is 55.2 Å². The third-order valence-corrected chi connectivity index (χ3v) is 4.90. The van der Waals surface area contributed by atoms with Crippen molar-refractivity contribution in [1.82, 2.24) is 25.4 Å². The zero-order chi connectivity index (χ0) is 17.1. The Bertz CT molecular complexity index is 718. The Balaban J connectivity index is 1.82. The minimum Gasteiger partial charge on any atom is -0.352 e. The van der Waals surface area contributed by atoms with Crippen LogP contribution in [0.4, 0.5) is 0 Å². The summed E-state index contributed by atoms with van der Waals surface area (Å²) in [7, 11) is 0. The van der Waals surface area contributed by atoms with Crippen LogP contribution >= 0.6 is 0 Å². The molecule has 2 aromatic rings. The highest BCUT2D eigenvalue weighted by atomic mass is 16.1. The van der Waals surface area contributed by atoms with Crippen molar-refractivity contribution in [1.29, 1.82) is 0 Å². The van der Waals surface area contributed by atoms with Crippen LogP contribution in [0.3, 0.4) is 0 Å². The molecule has 24 heavy (non-hydrogen) atoms. The summed E-state index contributed by atoms with van der Waals surface area (Å²) < 4.78 is 1.92. The minimum atomic E-state index is -0.0280.